The van der Waals surface area contributed by atoms with Gasteiger partial charge in [-0.05, 0) is 30.3 Å². The maximum atomic E-state index is 12.4. The van der Waals surface area contributed by atoms with Gasteiger partial charge in [0.2, 0.25) is 0 Å². The summed E-state index contributed by atoms with van der Waals surface area (Å²) in [5.41, 5.74) is 2.08. The Hall–Kier alpha value is -2.61. The Bertz CT molecular complexity index is 931. The second kappa shape index (κ2) is 9.19. The second-order valence-electron chi connectivity index (χ2n) is 4.60. The molecule has 0 spiro atoms. The van der Waals surface area contributed by atoms with Crippen molar-refractivity contribution in [3.05, 3.63) is 58.4 Å². The summed E-state index contributed by atoms with van der Waals surface area (Å²) in [6, 6.07) is 9.95. The molecule has 0 saturated heterocycles. The average Bonchev–Trinajstić information content (AvgIpc) is 3.04. The van der Waals surface area contributed by atoms with Crippen LogP contribution >= 0.6 is 27.5 Å². The van der Waals surface area contributed by atoms with E-state index in [0.29, 0.717) is 26.6 Å². The van der Waals surface area contributed by atoms with Crippen molar-refractivity contribution in [2.75, 3.05) is 0 Å². The van der Waals surface area contributed by atoms with Crippen LogP contribution in [0.4, 0.5) is 8.78 Å². The van der Waals surface area contributed by atoms with E-state index in [1.165, 1.54) is 12.1 Å². The highest BCUT2D eigenvalue weighted by atomic mass is 79.9. The van der Waals surface area contributed by atoms with Crippen molar-refractivity contribution in [1.29, 1.82) is 0 Å². The second-order valence-corrected chi connectivity index (χ2v) is 5.91. The van der Waals surface area contributed by atoms with E-state index in [4.69, 9.17) is 21.2 Å². The monoisotopic (exact) mass is 443 g/mol. The number of alkyl halides is 2. The molecule has 0 aliphatic carbocycles. The predicted molar refractivity (Wildman–Crippen MR) is 91.1 cm³/mol. The van der Waals surface area contributed by atoms with Gasteiger partial charge in [0.05, 0.1) is 17.6 Å². The minimum Gasteiger partial charge on any atom is -0.435 e. The highest BCUT2D eigenvalue weighted by molar-refractivity contribution is 9.10. The molecule has 0 aliphatic rings. The molecule has 10 heteroatoms. The molecule has 6 nitrogen and oxygen atoms in total. The van der Waals surface area contributed by atoms with Crippen LogP contribution < -0.4 is 4.74 Å². The SMILES string of the molecule is FC(F)Oc1cc(Br)cc(-c2ccnn2-c2ccnc(Cl)c2)c1.O=C=O. The van der Waals surface area contributed by atoms with Gasteiger partial charge in [-0.3, -0.25) is 0 Å². The fraction of sp³-hybridized carbons (Fsp3) is 0.0625. The Morgan fingerprint density at radius 3 is 2.54 bits per heavy atom. The molecule has 26 heavy (non-hydrogen) atoms. The fourth-order valence-corrected chi connectivity index (χ4v) is 2.77. The molecule has 0 unspecified atom stereocenters. The van der Waals surface area contributed by atoms with Crippen LogP contribution in [0.1, 0.15) is 0 Å². The van der Waals surface area contributed by atoms with Gasteiger partial charge in [0.15, 0.2) is 0 Å². The molecule has 134 valence electrons. The Morgan fingerprint density at radius 1 is 1.15 bits per heavy atom. The lowest BCUT2D eigenvalue weighted by molar-refractivity contribution is -0.191. The van der Waals surface area contributed by atoms with Crippen LogP contribution in [-0.4, -0.2) is 27.5 Å². The van der Waals surface area contributed by atoms with Crippen molar-refractivity contribution in [1.82, 2.24) is 14.8 Å². The number of nitrogens with zero attached hydrogens (tertiary/aromatic N) is 3. The molecule has 3 rings (SSSR count). The van der Waals surface area contributed by atoms with Gasteiger partial charge in [0, 0.05) is 22.3 Å². The highest BCUT2D eigenvalue weighted by Gasteiger charge is 2.12. The third-order valence-electron chi connectivity index (χ3n) is 2.99. The van der Waals surface area contributed by atoms with E-state index in [9.17, 15) is 8.78 Å². The van der Waals surface area contributed by atoms with Gasteiger partial charge < -0.3 is 4.74 Å². The van der Waals surface area contributed by atoms with Crippen molar-refractivity contribution in [2.45, 2.75) is 6.61 Å². The molecule has 2 aromatic heterocycles. The summed E-state index contributed by atoms with van der Waals surface area (Å²) < 4.78 is 31.6. The van der Waals surface area contributed by atoms with Gasteiger partial charge in [0.25, 0.3) is 0 Å². The molecular weight excluding hydrogens is 436 g/mol. The van der Waals surface area contributed by atoms with Crippen molar-refractivity contribution in [2.24, 2.45) is 0 Å². The summed E-state index contributed by atoms with van der Waals surface area (Å²) in [5.74, 6) is 0.0601. The molecule has 2 heterocycles. The Balaban J connectivity index is 0.000000758. The number of carbonyl (C=O) groups excluding carboxylic acids is 2. The largest absolute Gasteiger partial charge is 0.435 e. The van der Waals surface area contributed by atoms with Gasteiger partial charge in [-0.1, -0.05) is 27.5 Å². The number of hydrogen-bond acceptors (Lipinski definition) is 5. The summed E-state index contributed by atoms with van der Waals surface area (Å²) in [5, 5.41) is 4.58. The standard InChI is InChI=1S/C15H9BrClF2N3O.CO2/c16-10-5-9(6-12(7-10)23-15(18)19)13-2-4-21-22(13)11-1-3-20-14(17)8-11;2-1-3/h1-8,15H;. The van der Waals surface area contributed by atoms with Crippen LogP contribution in [0, 0.1) is 0 Å². The summed E-state index contributed by atoms with van der Waals surface area (Å²) in [6.45, 7) is -2.89. The third kappa shape index (κ3) is 5.19. The molecule has 0 bridgehead atoms. The zero-order valence-electron chi connectivity index (χ0n) is 12.8. The van der Waals surface area contributed by atoms with Crippen LogP contribution in [0.3, 0.4) is 0 Å². The molecule has 0 aliphatic heterocycles. The first-order valence-corrected chi connectivity index (χ1v) is 8.02. The van der Waals surface area contributed by atoms with Gasteiger partial charge in [-0.15, -0.1) is 0 Å². The third-order valence-corrected chi connectivity index (χ3v) is 3.65. The zero-order chi connectivity index (χ0) is 19.1. The van der Waals surface area contributed by atoms with E-state index in [1.54, 1.807) is 41.3 Å². The number of pyridine rings is 1. The van der Waals surface area contributed by atoms with E-state index in [0.717, 1.165) is 0 Å². The average molecular weight is 445 g/mol. The molecule has 3 aromatic rings. The van der Waals surface area contributed by atoms with E-state index in [-0.39, 0.29) is 11.9 Å². The predicted octanol–water partition coefficient (Wildman–Crippen LogP) is 4.37. The minimum absolute atomic E-state index is 0.0601. The molecule has 1 aromatic carbocycles. The molecule has 0 atom stereocenters. The van der Waals surface area contributed by atoms with Crippen LogP contribution in [0.2, 0.25) is 5.15 Å². The lowest BCUT2D eigenvalue weighted by Gasteiger charge is -2.11. The first kappa shape index (κ1) is 19.7. The van der Waals surface area contributed by atoms with E-state index in [1.807, 2.05) is 0 Å². The Labute approximate surface area is 159 Å². The number of benzene rings is 1. The number of halogens is 4. The van der Waals surface area contributed by atoms with E-state index in [2.05, 4.69) is 30.7 Å². The van der Waals surface area contributed by atoms with Crippen LogP contribution in [0.25, 0.3) is 16.9 Å². The smallest absolute Gasteiger partial charge is 0.387 e. The van der Waals surface area contributed by atoms with E-state index >= 15 is 0 Å². The van der Waals surface area contributed by atoms with Gasteiger partial charge in [-0.25, -0.2) is 9.67 Å². The number of aromatic nitrogens is 3. The van der Waals surface area contributed by atoms with Gasteiger partial charge >= 0.3 is 12.8 Å². The van der Waals surface area contributed by atoms with Crippen LogP contribution in [0.15, 0.2) is 53.3 Å². The molecule has 0 N–H and O–H groups in total. The lowest BCUT2D eigenvalue weighted by atomic mass is 10.1. The fourth-order valence-electron chi connectivity index (χ4n) is 2.13. The summed E-state index contributed by atoms with van der Waals surface area (Å²) in [4.78, 5) is 20.2. The summed E-state index contributed by atoms with van der Waals surface area (Å²) in [7, 11) is 0. The molecular formula is C16H9BrClF2N3O3. The number of hydrogen-bond donors (Lipinski definition) is 0. The lowest BCUT2D eigenvalue weighted by Crippen LogP contribution is -2.03. The van der Waals surface area contributed by atoms with Gasteiger partial charge in [-0.2, -0.15) is 23.5 Å². The summed E-state index contributed by atoms with van der Waals surface area (Å²) >= 11 is 9.20. The number of rotatable bonds is 4. The first-order valence-electron chi connectivity index (χ1n) is 6.85. The van der Waals surface area contributed by atoms with Crippen LogP contribution in [0.5, 0.6) is 5.75 Å². The quantitative estimate of drug-likeness (QED) is 0.559. The molecule has 0 saturated carbocycles. The van der Waals surface area contributed by atoms with Crippen LogP contribution in [-0.2, 0) is 9.59 Å². The highest BCUT2D eigenvalue weighted by Crippen LogP contribution is 2.30. The Morgan fingerprint density at radius 2 is 1.88 bits per heavy atom. The first-order chi connectivity index (χ1) is 12.4. The van der Waals surface area contributed by atoms with Gasteiger partial charge in [0.1, 0.15) is 10.9 Å². The Kier molecular flexibility index (Phi) is 6.97. The normalized spacial score (nSPS) is 10.0. The zero-order valence-corrected chi connectivity index (χ0v) is 15.1. The summed E-state index contributed by atoms with van der Waals surface area (Å²) in [6.07, 6.45) is 3.42. The maximum Gasteiger partial charge on any atom is 0.387 e. The van der Waals surface area contributed by atoms with Crippen molar-refractivity contribution < 1.29 is 23.1 Å². The van der Waals surface area contributed by atoms with Crippen molar-refractivity contribution in [3.63, 3.8) is 0 Å². The van der Waals surface area contributed by atoms with E-state index < -0.39 is 6.61 Å². The minimum atomic E-state index is -2.89. The molecule has 0 fully saturated rings. The number of ether oxygens (including phenoxy) is 1. The maximum absolute atomic E-state index is 12.4. The van der Waals surface area contributed by atoms with Crippen molar-refractivity contribution >= 4 is 33.7 Å². The topological polar surface area (TPSA) is 74.1 Å². The molecule has 0 radical (unpaired) electrons. The van der Waals surface area contributed by atoms with Crippen molar-refractivity contribution in [3.8, 4) is 22.7 Å². The molecule has 0 amide bonds.